The number of hydrogen-bond acceptors (Lipinski definition) is 4. The Morgan fingerprint density at radius 3 is 2.55 bits per heavy atom. The highest BCUT2D eigenvalue weighted by atomic mass is 16.5. The zero-order chi connectivity index (χ0) is 22.0. The Morgan fingerprint density at radius 1 is 0.935 bits per heavy atom. The number of anilines is 1. The molecule has 3 heterocycles. The normalized spacial score (nSPS) is 27.0. The Labute approximate surface area is 190 Å². The van der Waals surface area contributed by atoms with Crippen molar-refractivity contribution in [3.05, 3.63) is 29.3 Å². The second-order valence-electron chi connectivity index (χ2n) is 10.8. The van der Waals surface area contributed by atoms with Gasteiger partial charge < -0.3 is 14.5 Å². The van der Waals surface area contributed by atoms with Crippen LogP contribution < -0.4 is 4.90 Å². The number of rotatable bonds is 6. The predicted octanol–water partition coefficient (Wildman–Crippen LogP) is 5.12. The summed E-state index contributed by atoms with van der Waals surface area (Å²) in [6.45, 7) is 18.4. The van der Waals surface area contributed by atoms with Crippen LogP contribution in [0.4, 0.5) is 5.69 Å². The number of morpholine rings is 1. The van der Waals surface area contributed by atoms with Gasteiger partial charge in [-0.15, -0.1) is 0 Å². The van der Waals surface area contributed by atoms with E-state index in [1.807, 2.05) is 0 Å². The minimum absolute atomic E-state index is 0.222. The molecule has 0 bridgehead atoms. The lowest BCUT2D eigenvalue weighted by atomic mass is 9.92. The Bertz CT molecular complexity index is 718. The lowest BCUT2D eigenvalue weighted by molar-refractivity contribution is -0.0457. The van der Waals surface area contributed by atoms with Crippen molar-refractivity contribution >= 4 is 5.69 Å². The van der Waals surface area contributed by atoms with Crippen LogP contribution in [0.2, 0.25) is 0 Å². The topological polar surface area (TPSA) is 19.0 Å². The van der Waals surface area contributed by atoms with Gasteiger partial charge in [0.2, 0.25) is 0 Å². The molecule has 0 N–H and O–H groups in total. The van der Waals surface area contributed by atoms with Crippen LogP contribution in [0.3, 0.4) is 0 Å². The van der Waals surface area contributed by atoms with E-state index in [-0.39, 0.29) is 6.10 Å². The highest BCUT2D eigenvalue weighted by Crippen LogP contribution is 2.34. The average Bonchev–Trinajstić information content (AvgIpc) is 3.05. The second kappa shape index (κ2) is 10.2. The van der Waals surface area contributed by atoms with Gasteiger partial charge in [0, 0.05) is 43.4 Å². The average molecular weight is 428 g/mol. The standard InChI is InChI=1S/C27H45N3O/c1-20(2)28-12-6-7-23(10-13-28)17-22(5)29-15-16-31-27(19-29)25-8-9-26-24(18-25)11-14-30(26)21(3)4/h8-9,18,20-23,27H,6-7,10-17,19H2,1-5H3. The molecular weight excluding hydrogens is 382 g/mol. The fraction of sp³-hybridized carbons (Fsp3) is 0.778. The molecule has 0 saturated carbocycles. The van der Waals surface area contributed by atoms with Crippen LogP contribution >= 0.6 is 0 Å². The highest BCUT2D eigenvalue weighted by Gasteiger charge is 2.29. The van der Waals surface area contributed by atoms with Crippen molar-refractivity contribution < 1.29 is 4.74 Å². The highest BCUT2D eigenvalue weighted by molar-refractivity contribution is 5.59. The maximum absolute atomic E-state index is 6.27. The van der Waals surface area contributed by atoms with Crippen LogP contribution in [0.25, 0.3) is 0 Å². The third kappa shape index (κ3) is 5.46. The van der Waals surface area contributed by atoms with Crippen molar-refractivity contribution in [1.82, 2.24) is 9.80 Å². The smallest absolute Gasteiger partial charge is 0.0952 e. The molecule has 4 heteroatoms. The number of nitrogens with zero attached hydrogens (tertiary/aromatic N) is 3. The number of benzene rings is 1. The van der Waals surface area contributed by atoms with E-state index >= 15 is 0 Å². The Hall–Kier alpha value is -1.10. The number of hydrogen-bond donors (Lipinski definition) is 0. The molecule has 3 aliphatic heterocycles. The minimum Gasteiger partial charge on any atom is -0.371 e. The number of ether oxygens (including phenoxy) is 1. The van der Waals surface area contributed by atoms with Crippen molar-refractivity contribution in [2.24, 2.45) is 5.92 Å². The summed E-state index contributed by atoms with van der Waals surface area (Å²) in [5, 5.41) is 0. The predicted molar refractivity (Wildman–Crippen MR) is 131 cm³/mol. The van der Waals surface area contributed by atoms with Crippen LogP contribution in [-0.4, -0.2) is 67.3 Å². The monoisotopic (exact) mass is 427 g/mol. The molecule has 3 atom stereocenters. The maximum atomic E-state index is 6.27. The van der Waals surface area contributed by atoms with Gasteiger partial charge in [-0.05, 0) is 103 Å². The van der Waals surface area contributed by atoms with Gasteiger partial charge in [0.1, 0.15) is 0 Å². The molecule has 31 heavy (non-hydrogen) atoms. The molecule has 4 nitrogen and oxygen atoms in total. The molecule has 174 valence electrons. The molecule has 0 aliphatic carbocycles. The molecule has 0 aromatic heterocycles. The zero-order valence-electron chi connectivity index (χ0n) is 20.6. The van der Waals surface area contributed by atoms with Gasteiger partial charge in [0.15, 0.2) is 0 Å². The van der Waals surface area contributed by atoms with E-state index in [1.165, 1.54) is 62.0 Å². The van der Waals surface area contributed by atoms with Gasteiger partial charge >= 0.3 is 0 Å². The summed E-state index contributed by atoms with van der Waals surface area (Å²) in [4.78, 5) is 7.90. The summed E-state index contributed by atoms with van der Waals surface area (Å²) >= 11 is 0. The third-order valence-electron chi connectivity index (χ3n) is 8.04. The molecule has 1 aromatic carbocycles. The number of fused-ring (bicyclic) bond motifs is 1. The van der Waals surface area contributed by atoms with Gasteiger partial charge in [-0.3, -0.25) is 4.90 Å². The van der Waals surface area contributed by atoms with Gasteiger partial charge in [-0.2, -0.15) is 0 Å². The lowest BCUT2D eigenvalue weighted by Crippen LogP contribution is -2.44. The Balaban J connectivity index is 1.34. The molecule has 3 unspecified atom stereocenters. The molecule has 3 aliphatic rings. The third-order valence-corrected chi connectivity index (χ3v) is 8.04. The van der Waals surface area contributed by atoms with Crippen molar-refractivity contribution in [2.75, 3.05) is 44.2 Å². The molecule has 0 amide bonds. The SMILES string of the molecule is CC(C)N1CCCC(CC(C)N2CCOC(c3ccc4c(c3)CCN4C(C)C)C2)CC1. The summed E-state index contributed by atoms with van der Waals surface area (Å²) in [6.07, 6.45) is 6.87. The summed E-state index contributed by atoms with van der Waals surface area (Å²) < 4.78 is 6.27. The van der Waals surface area contributed by atoms with Crippen molar-refractivity contribution in [1.29, 1.82) is 0 Å². The molecule has 1 aromatic rings. The fourth-order valence-electron chi connectivity index (χ4n) is 6.03. The maximum Gasteiger partial charge on any atom is 0.0952 e. The first kappa shape index (κ1) is 23.1. The van der Waals surface area contributed by atoms with Crippen LogP contribution in [-0.2, 0) is 11.2 Å². The first-order valence-electron chi connectivity index (χ1n) is 12.9. The molecule has 0 radical (unpaired) electrons. The van der Waals surface area contributed by atoms with E-state index in [1.54, 1.807) is 0 Å². The molecule has 0 spiro atoms. The van der Waals surface area contributed by atoms with Gasteiger partial charge in [0.05, 0.1) is 12.7 Å². The first-order valence-corrected chi connectivity index (χ1v) is 12.9. The van der Waals surface area contributed by atoms with E-state index in [0.29, 0.717) is 18.1 Å². The minimum atomic E-state index is 0.222. The molecule has 2 fully saturated rings. The van der Waals surface area contributed by atoms with Gasteiger partial charge in [-0.25, -0.2) is 0 Å². The largest absolute Gasteiger partial charge is 0.371 e. The molecular formula is C27H45N3O. The van der Waals surface area contributed by atoms with Crippen LogP contribution in [0, 0.1) is 5.92 Å². The van der Waals surface area contributed by atoms with Crippen molar-refractivity contribution in [2.45, 2.75) is 91.0 Å². The summed E-state index contributed by atoms with van der Waals surface area (Å²) in [5.74, 6) is 0.877. The molecule has 4 rings (SSSR count). The van der Waals surface area contributed by atoms with Gasteiger partial charge in [-0.1, -0.05) is 12.1 Å². The van der Waals surface area contributed by atoms with E-state index in [4.69, 9.17) is 4.74 Å². The van der Waals surface area contributed by atoms with Gasteiger partial charge in [0.25, 0.3) is 0 Å². The van der Waals surface area contributed by atoms with Crippen LogP contribution in [0.5, 0.6) is 0 Å². The van der Waals surface area contributed by atoms with Crippen molar-refractivity contribution in [3.8, 4) is 0 Å². The van der Waals surface area contributed by atoms with E-state index < -0.39 is 0 Å². The summed E-state index contributed by atoms with van der Waals surface area (Å²) in [7, 11) is 0. The van der Waals surface area contributed by atoms with E-state index in [9.17, 15) is 0 Å². The summed E-state index contributed by atoms with van der Waals surface area (Å²) in [6, 6.07) is 9.01. The quantitative estimate of drug-likeness (QED) is 0.627. The first-order chi connectivity index (χ1) is 14.9. The van der Waals surface area contributed by atoms with Crippen LogP contribution in [0.15, 0.2) is 18.2 Å². The Kier molecular flexibility index (Phi) is 7.61. The van der Waals surface area contributed by atoms with E-state index in [2.05, 4.69) is 67.5 Å². The fourth-order valence-corrected chi connectivity index (χ4v) is 6.03. The van der Waals surface area contributed by atoms with Crippen molar-refractivity contribution in [3.63, 3.8) is 0 Å². The lowest BCUT2D eigenvalue weighted by Gasteiger charge is -2.38. The second-order valence-corrected chi connectivity index (χ2v) is 10.8. The van der Waals surface area contributed by atoms with E-state index in [0.717, 1.165) is 32.2 Å². The summed E-state index contributed by atoms with van der Waals surface area (Å²) in [5.41, 5.74) is 4.32. The Morgan fingerprint density at radius 2 is 1.77 bits per heavy atom. The number of likely N-dealkylation sites (tertiary alicyclic amines) is 1. The zero-order valence-corrected chi connectivity index (χ0v) is 20.6. The molecule has 2 saturated heterocycles. The van der Waals surface area contributed by atoms with Crippen LogP contribution in [0.1, 0.15) is 77.5 Å².